The second-order valence-electron chi connectivity index (χ2n) is 7.71. The molecule has 32 heavy (non-hydrogen) atoms. The van der Waals surface area contributed by atoms with E-state index in [1.54, 1.807) is 0 Å². The van der Waals surface area contributed by atoms with Crippen LogP contribution in [0.15, 0.2) is 0 Å². The molecule has 0 saturated carbocycles. The van der Waals surface area contributed by atoms with Gasteiger partial charge in [-0.2, -0.15) is 0 Å². The van der Waals surface area contributed by atoms with E-state index in [-0.39, 0.29) is 6.61 Å². The molecule has 0 aliphatic carbocycles. The third-order valence-electron chi connectivity index (χ3n) is 4.73. The highest BCUT2D eigenvalue weighted by molar-refractivity contribution is 5.68. The van der Waals surface area contributed by atoms with Crippen LogP contribution in [0.2, 0.25) is 0 Å². The van der Waals surface area contributed by atoms with Crippen molar-refractivity contribution in [1.82, 2.24) is 0 Å². The largest absolute Gasteiger partial charge is 0.462 e. The van der Waals surface area contributed by atoms with Crippen LogP contribution in [-0.4, -0.2) is 67.8 Å². The molecule has 1 heterocycles. The normalized spacial score (nSPS) is 23.3. The average Bonchev–Trinajstić information content (AvgIpc) is 3.00. The summed E-state index contributed by atoms with van der Waals surface area (Å²) in [5.74, 6) is -2.50. The molecule has 0 aromatic carbocycles. The van der Waals surface area contributed by atoms with Crippen LogP contribution in [0.3, 0.4) is 0 Å². The molecular formula is C22H36O10. The summed E-state index contributed by atoms with van der Waals surface area (Å²) in [5, 5.41) is 0. The molecule has 0 amide bonds. The van der Waals surface area contributed by atoms with Crippen molar-refractivity contribution in [3.63, 3.8) is 0 Å². The summed E-state index contributed by atoms with van der Waals surface area (Å²) in [6.45, 7) is 6.97. The van der Waals surface area contributed by atoms with Gasteiger partial charge in [0.15, 0.2) is 24.6 Å². The highest BCUT2D eigenvalue weighted by Gasteiger charge is 2.54. The maximum atomic E-state index is 11.7. The fourth-order valence-corrected chi connectivity index (χ4v) is 3.42. The van der Waals surface area contributed by atoms with Gasteiger partial charge in [-0.05, 0) is 6.42 Å². The van der Waals surface area contributed by atoms with E-state index in [2.05, 4.69) is 6.92 Å². The summed E-state index contributed by atoms with van der Waals surface area (Å²) in [7, 11) is 0. The molecule has 0 bridgehead atoms. The molecule has 1 unspecified atom stereocenters. The predicted octanol–water partition coefficient (Wildman–Crippen LogP) is 2.45. The zero-order valence-electron chi connectivity index (χ0n) is 19.6. The summed E-state index contributed by atoms with van der Waals surface area (Å²) in [6.07, 6.45) is 0.947. The summed E-state index contributed by atoms with van der Waals surface area (Å²) < 4.78 is 32.6. The second kappa shape index (κ2) is 14.8. The first-order valence-corrected chi connectivity index (χ1v) is 11.1. The zero-order valence-corrected chi connectivity index (χ0v) is 19.6. The quantitative estimate of drug-likeness (QED) is 0.217. The van der Waals surface area contributed by atoms with Crippen molar-refractivity contribution in [2.75, 3.05) is 13.2 Å². The number of ether oxygens (including phenoxy) is 6. The van der Waals surface area contributed by atoms with Gasteiger partial charge in [-0.15, -0.1) is 0 Å². The minimum atomic E-state index is -1.12. The van der Waals surface area contributed by atoms with Crippen LogP contribution in [0.5, 0.6) is 0 Å². The standard InChI is InChI=1S/C22H36O10/c1-6-7-8-9-10-11-12-27-22-21(31-17(5)26)20(30-16(4)25)19(32-22)18(29-15(3)24)13-28-14(2)23/h18-22H,6-13H2,1-5H3/t18-,19+,20+,21-,22?/m1/s1. The molecule has 1 rings (SSSR count). The summed E-state index contributed by atoms with van der Waals surface area (Å²) in [4.78, 5) is 46.3. The van der Waals surface area contributed by atoms with Crippen molar-refractivity contribution >= 4 is 23.9 Å². The topological polar surface area (TPSA) is 124 Å². The van der Waals surface area contributed by atoms with Gasteiger partial charge in [0.05, 0.1) is 0 Å². The van der Waals surface area contributed by atoms with Gasteiger partial charge in [0.1, 0.15) is 12.7 Å². The van der Waals surface area contributed by atoms with Gasteiger partial charge in [-0.25, -0.2) is 0 Å². The average molecular weight is 461 g/mol. The first kappa shape index (κ1) is 27.8. The summed E-state index contributed by atoms with van der Waals surface area (Å²) >= 11 is 0. The number of rotatable bonds is 14. The number of carbonyl (C=O) groups excluding carboxylic acids is 4. The Hall–Kier alpha value is -2.20. The lowest BCUT2D eigenvalue weighted by Crippen LogP contribution is -2.46. The van der Waals surface area contributed by atoms with Gasteiger partial charge < -0.3 is 28.4 Å². The van der Waals surface area contributed by atoms with Crippen LogP contribution in [0.1, 0.15) is 73.1 Å². The third-order valence-corrected chi connectivity index (χ3v) is 4.73. The molecule has 1 saturated heterocycles. The fraction of sp³-hybridized carbons (Fsp3) is 0.818. The molecule has 0 aromatic heterocycles. The van der Waals surface area contributed by atoms with Crippen LogP contribution in [0.25, 0.3) is 0 Å². The van der Waals surface area contributed by atoms with Gasteiger partial charge in [0.25, 0.3) is 0 Å². The van der Waals surface area contributed by atoms with Gasteiger partial charge in [-0.1, -0.05) is 39.0 Å². The van der Waals surface area contributed by atoms with E-state index in [1.807, 2.05) is 0 Å². The zero-order chi connectivity index (χ0) is 24.1. The Balaban J connectivity index is 2.94. The maximum absolute atomic E-state index is 11.7. The minimum absolute atomic E-state index is 0.325. The molecule has 1 aliphatic heterocycles. The lowest BCUT2D eigenvalue weighted by Gasteiger charge is -2.27. The minimum Gasteiger partial charge on any atom is -0.462 e. The van der Waals surface area contributed by atoms with E-state index in [1.165, 1.54) is 34.1 Å². The van der Waals surface area contributed by atoms with Gasteiger partial charge >= 0.3 is 23.9 Å². The molecule has 184 valence electrons. The van der Waals surface area contributed by atoms with E-state index in [0.717, 1.165) is 32.1 Å². The molecule has 0 radical (unpaired) electrons. The van der Waals surface area contributed by atoms with Crippen molar-refractivity contribution < 1.29 is 47.6 Å². The number of carbonyl (C=O) groups is 4. The Morgan fingerprint density at radius 1 is 0.781 bits per heavy atom. The first-order chi connectivity index (χ1) is 15.1. The first-order valence-electron chi connectivity index (χ1n) is 11.1. The Labute approximate surface area is 189 Å². The van der Waals surface area contributed by atoms with E-state index in [4.69, 9.17) is 28.4 Å². The molecule has 0 N–H and O–H groups in total. The molecule has 1 fully saturated rings. The van der Waals surface area contributed by atoms with Gasteiger partial charge in [0.2, 0.25) is 0 Å². The SMILES string of the molecule is CCCCCCCCOC1O[C@@H]([C@@H](COC(C)=O)OC(C)=O)[C@H](OC(C)=O)[C@H]1OC(C)=O. The van der Waals surface area contributed by atoms with Crippen LogP contribution < -0.4 is 0 Å². The number of hydrogen-bond acceptors (Lipinski definition) is 10. The van der Waals surface area contributed by atoms with Crippen molar-refractivity contribution in [3.8, 4) is 0 Å². The predicted molar refractivity (Wildman–Crippen MR) is 111 cm³/mol. The fourth-order valence-electron chi connectivity index (χ4n) is 3.42. The Morgan fingerprint density at radius 2 is 1.38 bits per heavy atom. The summed E-state index contributed by atoms with van der Waals surface area (Å²) in [5.41, 5.74) is 0. The van der Waals surface area contributed by atoms with E-state index in [9.17, 15) is 19.2 Å². The van der Waals surface area contributed by atoms with Gasteiger partial charge in [0, 0.05) is 34.3 Å². The van der Waals surface area contributed by atoms with Crippen molar-refractivity contribution in [2.45, 2.75) is 104 Å². The van der Waals surface area contributed by atoms with Crippen LogP contribution >= 0.6 is 0 Å². The molecule has 5 atom stereocenters. The summed E-state index contributed by atoms with van der Waals surface area (Å²) in [6, 6.07) is 0. The van der Waals surface area contributed by atoms with E-state index in [0.29, 0.717) is 6.61 Å². The number of hydrogen-bond donors (Lipinski definition) is 0. The van der Waals surface area contributed by atoms with Crippen LogP contribution in [0, 0.1) is 0 Å². The lowest BCUT2D eigenvalue weighted by molar-refractivity contribution is -0.199. The molecule has 1 aliphatic rings. The maximum Gasteiger partial charge on any atom is 0.303 e. The smallest absolute Gasteiger partial charge is 0.303 e. The van der Waals surface area contributed by atoms with Crippen molar-refractivity contribution in [3.05, 3.63) is 0 Å². The second-order valence-corrected chi connectivity index (χ2v) is 7.71. The van der Waals surface area contributed by atoms with Crippen molar-refractivity contribution in [1.29, 1.82) is 0 Å². The monoisotopic (exact) mass is 460 g/mol. The molecule has 0 spiro atoms. The van der Waals surface area contributed by atoms with Crippen LogP contribution in [-0.2, 0) is 47.6 Å². The van der Waals surface area contributed by atoms with Crippen LogP contribution in [0.4, 0.5) is 0 Å². The molecule has 10 heteroatoms. The highest BCUT2D eigenvalue weighted by Crippen LogP contribution is 2.31. The number of unbranched alkanes of at least 4 members (excludes halogenated alkanes) is 5. The molecule has 0 aromatic rings. The number of esters is 4. The van der Waals surface area contributed by atoms with E-state index >= 15 is 0 Å². The Morgan fingerprint density at radius 3 is 1.94 bits per heavy atom. The third kappa shape index (κ3) is 10.4. The van der Waals surface area contributed by atoms with E-state index < -0.39 is 54.6 Å². The van der Waals surface area contributed by atoms with Crippen molar-refractivity contribution in [2.24, 2.45) is 0 Å². The molecular weight excluding hydrogens is 424 g/mol. The van der Waals surface area contributed by atoms with Gasteiger partial charge in [-0.3, -0.25) is 19.2 Å². The Bertz CT molecular complexity index is 620. The highest BCUT2D eigenvalue weighted by atomic mass is 16.7. The lowest BCUT2D eigenvalue weighted by atomic mass is 10.1. The molecule has 10 nitrogen and oxygen atoms in total. The Kier molecular flexibility index (Phi) is 12.9.